The Morgan fingerprint density at radius 2 is 1.32 bits per heavy atom. The third-order valence-electron chi connectivity index (χ3n) is 5.85. The highest BCUT2D eigenvalue weighted by Crippen LogP contribution is 2.36. The number of aromatic nitrogens is 2. The van der Waals surface area contributed by atoms with Gasteiger partial charge < -0.3 is 4.57 Å². The Hall–Kier alpha value is -3.80. The van der Waals surface area contributed by atoms with Crippen LogP contribution in [0.15, 0.2) is 72.8 Å². The standard InChI is InChI=1S/C27H16ClF9N2O/c28-20-9-7-15(8-10-20)12-21-38-22(17-4-2-6-19(13-17)26(32,33)34)23(24(40)27(35,36)37)39(21)14-16-3-1-5-18(11-16)25(29,30)31/h1-11,13H,12,14H2. The molecule has 0 radical (unpaired) electrons. The summed E-state index contributed by atoms with van der Waals surface area (Å²) in [7, 11) is 0. The van der Waals surface area contributed by atoms with Gasteiger partial charge in [-0.05, 0) is 47.5 Å². The normalized spacial score (nSPS) is 12.6. The van der Waals surface area contributed by atoms with E-state index in [1.165, 1.54) is 30.3 Å². The number of imidazole rings is 1. The molecule has 0 aliphatic heterocycles. The largest absolute Gasteiger partial charge is 0.456 e. The first-order valence-corrected chi connectivity index (χ1v) is 11.7. The Balaban J connectivity index is 1.97. The van der Waals surface area contributed by atoms with Crippen molar-refractivity contribution in [1.82, 2.24) is 9.55 Å². The Morgan fingerprint density at radius 3 is 1.90 bits per heavy atom. The van der Waals surface area contributed by atoms with Crippen molar-refractivity contribution in [1.29, 1.82) is 0 Å². The predicted molar refractivity (Wildman–Crippen MR) is 128 cm³/mol. The van der Waals surface area contributed by atoms with E-state index in [-0.39, 0.29) is 17.8 Å². The van der Waals surface area contributed by atoms with E-state index in [4.69, 9.17) is 11.6 Å². The smallest absolute Gasteiger partial charge is 0.320 e. The third-order valence-corrected chi connectivity index (χ3v) is 6.10. The van der Waals surface area contributed by atoms with Crippen LogP contribution in [0.2, 0.25) is 5.02 Å². The van der Waals surface area contributed by atoms with Crippen LogP contribution in [0.4, 0.5) is 39.5 Å². The molecule has 3 nitrogen and oxygen atoms in total. The average molecular weight is 591 g/mol. The van der Waals surface area contributed by atoms with E-state index >= 15 is 0 Å². The quantitative estimate of drug-likeness (QED) is 0.166. The van der Waals surface area contributed by atoms with Gasteiger partial charge in [-0.2, -0.15) is 39.5 Å². The number of hydrogen-bond donors (Lipinski definition) is 0. The number of carbonyl (C=O) groups is 1. The molecule has 1 heterocycles. The second kappa shape index (κ2) is 10.6. The summed E-state index contributed by atoms with van der Waals surface area (Å²) in [6.07, 6.45) is -15.3. The minimum atomic E-state index is -5.47. The van der Waals surface area contributed by atoms with E-state index in [9.17, 15) is 44.3 Å². The summed E-state index contributed by atoms with van der Waals surface area (Å²) < 4.78 is 122. The maximum absolute atomic E-state index is 13.8. The van der Waals surface area contributed by atoms with Crippen LogP contribution < -0.4 is 0 Å². The van der Waals surface area contributed by atoms with Gasteiger partial charge in [0.15, 0.2) is 0 Å². The molecule has 13 heteroatoms. The number of nitrogens with zero attached hydrogens (tertiary/aromatic N) is 2. The molecule has 0 amide bonds. The van der Waals surface area contributed by atoms with Crippen LogP contribution in [0.25, 0.3) is 11.3 Å². The van der Waals surface area contributed by atoms with Crippen LogP contribution in [0.5, 0.6) is 0 Å². The van der Waals surface area contributed by atoms with Crippen molar-refractivity contribution < 1.29 is 44.3 Å². The summed E-state index contributed by atoms with van der Waals surface area (Å²) in [6, 6.07) is 13.0. The molecule has 0 N–H and O–H groups in total. The van der Waals surface area contributed by atoms with Crippen molar-refractivity contribution in [2.75, 3.05) is 0 Å². The number of hydrogen-bond acceptors (Lipinski definition) is 2. The van der Waals surface area contributed by atoms with Crippen molar-refractivity contribution in [3.8, 4) is 11.3 Å². The lowest BCUT2D eigenvalue weighted by molar-refractivity contribution is -0.138. The van der Waals surface area contributed by atoms with E-state index in [0.29, 0.717) is 28.8 Å². The first kappa shape index (κ1) is 29.2. The molecule has 3 aromatic carbocycles. The van der Waals surface area contributed by atoms with E-state index < -0.39 is 58.9 Å². The molecule has 0 unspecified atom stereocenters. The maximum atomic E-state index is 13.8. The van der Waals surface area contributed by atoms with Gasteiger partial charge in [-0.3, -0.25) is 4.79 Å². The van der Waals surface area contributed by atoms with Gasteiger partial charge in [0.25, 0.3) is 5.78 Å². The molecule has 0 aliphatic rings. The van der Waals surface area contributed by atoms with Crippen molar-refractivity contribution in [2.45, 2.75) is 31.5 Å². The highest BCUT2D eigenvalue weighted by molar-refractivity contribution is 6.30. The van der Waals surface area contributed by atoms with E-state index in [1.807, 2.05) is 0 Å². The lowest BCUT2D eigenvalue weighted by Crippen LogP contribution is -2.27. The molecule has 4 aromatic rings. The molecule has 0 aliphatic carbocycles. The molecule has 1 aromatic heterocycles. The summed E-state index contributed by atoms with van der Waals surface area (Å²) in [6.45, 7) is -0.657. The first-order chi connectivity index (χ1) is 18.5. The van der Waals surface area contributed by atoms with E-state index in [0.717, 1.165) is 28.8 Å². The number of halogens is 10. The summed E-state index contributed by atoms with van der Waals surface area (Å²) >= 11 is 5.88. The zero-order chi connectivity index (χ0) is 29.5. The molecule has 40 heavy (non-hydrogen) atoms. The fourth-order valence-corrected chi connectivity index (χ4v) is 4.15. The van der Waals surface area contributed by atoms with Crippen LogP contribution in [0.1, 0.15) is 38.6 Å². The van der Waals surface area contributed by atoms with Gasteiger partial charge in [-0.15, -0.1) is 0 Å². The number of rotatable bonds is 6. The van der Waals surface area contributed by atoms with Gasteiger partial charge >= 0.3 is 18.5 Å². The maximum Gasteiger partial charge on any atom is 0.456 e. The van der Waals surface area contributed by atoms with Gasteiger partial charge in [-0.25, -0.2) is 4.98 Å². The number of benzene rings is 3. The highest BCUT2D eigenvalue weighted by atomic mass is 35.5. The molecule has 0 saturated heterocycles. The monoisotopic (exact) mass is 590 g/mol. The summed E-state index contributed by atoms with van der Waals surface area (Å²) in [5.74, 6) is -2.61. The molecule has 0 atom stereocenters. The van der Waals surface area contributed by atoms with Crippen molar-refractivity contribution in [2.24, 2.45) is 0 Å². The predicted octanol–water partition coefficient (Wildman–Crippen LogP) is 8.63. The van der Waals surface area contributed by atoms with Crippen LogP contribution in [0, 0.1) is 0 Å². The molecule has 0 spiro atoms. The molecule has 0 bridgehead atoms. The minimum absolute atomic E-state index is 0.114. The molecular formula is C27H16ClF9N2O. The zero-order valence-corrected chi connectivity index (χ0v) is 20.7. The van der Waals surface area contributed by atoms with E-state index in [2.05, 4.69) is 4.98 Å². The fourth-order valence-electron chi connectivity index (χ4n) is 4.03. The molecular weight excluding hydrogens is 575 g/mol. The summed E-state index contributed by atoms with van der Waals surface area (Å²) in [5, 5.41) is 0.341. The number of carbonyl (C=O) groups excluding carboxylic acids is 1. The van der Waals surface area contributed by atoms with Gasteiger partial charge in [0.05, 0.1) is 11.1 Å². The molecule has 0 saturated carbocycles. The van der Waals surface area contributed by atoms with Crippen molar-refractivity contribution in [3.05, 3.63) is 112 Å². The first-order valence-electron chi connectivity index (χ1n) is 11.3. The summed E-state index contributed by atoms with van der Waals surface area (Å²) in [5.41, 5.74) is -4.15. The minimum Gasteiger partial charge on any atom is -0.320 e. The van der Waals surface area contributed by atoms with E-state index in [1.54, 1.807) is 0 Å². The van der Waals surface area contributed by atoms with Gasteiger partial charge in [0, 0.05) is 23.6 Å². The molecule has 0 fully saturated rings. The Labute approximate surface area is 225 Å². The van der Waals surface area contributed by atoms with Gasteiger partial charge in [-0.1, -0.05) is 48.0 Å². The van der Waals surface area contributed by atoms with Crippen molar-refractivity contribution in [3.63, 3.8) is 0 Å². The molecule has 4 rings (SSSR count). The van der Waals surface area contributed by atoms with Crippen LogP contribution >= 0.6 is 11.6 Å². The van der Waals surface area contributed by atoms with Crippen molar-refractivity contribution >= 4 is 17.4 Å². The lowest BCUT2D eigenvalue weighted by atomic mass is 10.0. The Morgan fingerprint density at radius 1 is 0.750 bits per heavy atom. The number of ketones is 1. The fraction of sp³-hybridized carbons (Fsp3) is 0.185. The van der Waals surface area contributed by atoms with Gasteiger partial charge in [0.1, 0.15) is 17.2 Å². The Bertz CT molecular complexity index is 1540. The SMILES string of the molecule is O=C(c1c(-c2cccc(C(F)(F)F)c2)nc(Cc2ccc(Cl)cc2)n1Cc1cccc(C(F)(F)F)c1)C(F)(F)F. The molecule has 210 valence electrons. The van der Waals surface area contributed by atoms with Crippen LogP contribution in [-0.4, -0.2) is 21.5 Å². The highest BCUT2D eigenvalue weighted by Gasteiger charge is 2.44. The number of alkyl halides is 9. The zero-order valence-electron chi connectivity index (χ0n) is 19.9. The number of Topliss-reactive ketones (excluding diaryl/α,β-unsaturated/α-hetero) is 1. The van der Waals surface area contributed by atoms with Crippen LogP contribution in [-0.2, 0) is 25.3 Å². The Kier molecular flexibility index (Phi) is 7.77. The second-order valence-electron chi connectivity index (χ2n) is 8.72. The van der Waals surface area contributed by atoms with Crippen LogP contribution in [0.3, 0.4) is 0 Å². The van der Waals surface area contributed by atoms with Gasteiger partial charge in [0.2, 0.25) is 0 Å². The third kappa shape index (κ3) is 6.49. The average Bonchev–Trinajstić information content (AvgIpc) is 3.21. The summed E-state index contributed by atoms with van der Waals surface area (Å²) in [4.78, 5) is 16.8. The lowest BCUT2D eigenvalue weighted by Gasteiger charge is -2.15. The topological polar surface area (TPSA) is 34.9 Å². The second-order valence-corrected chi connectivity index (χ2v) is 9.15.